The second kappa shape index (κ2) is 8.52. The first-order valence-electron chi connectivity index (χ1n) is 9.54. The average molecular weight is 329 g/mol. The molecule has 1 aromatic rings. The molecular formula is C20H31N3O. The van der Waals surface area contributed by atoms with Gasteiger partial charge < -0.3 is 15.5 Å². The number of nitrogens with zero attached hydrogens (tertiary/aromatic N) is 1. The molecule has 0 spiro atoms. The van der Waals surface area contributed by atoms with E-state index in [1.807, 2.05) is 0 Å². The molecule has 2 aliphatic rings. The molecule has 4 nitrogen and oxygen atoms in total. The van der Waals surface area contributed by atoms with Gasteiger partial charge in [-0.1, -0.05) is 25.1 Å². The van der Waals surface area contributed by atoms with Gasteiger partial charge in [0.1, 0.15) is 0 Å². The number of carbonyl (C=O) groups excluding carboxylic acids is 1. The molecule has 0 aromatic heterocycles. The highest BCUT2D eigenvalue weighted by molar-refractivity contribution is 5.76. The molecule has 2 heterocycles. The fourth-order valence-corrected chi connectivity index (χ4v) is 4.03. The highest BCUT2D eigenvalue weighted by atomic mass is 16.1. The number of amides is 1. The largest absolute Gasteiger partial charge is 0.371 e. The summed E-state index contributed by atoms with van der Waals surface area (Å²) in [5.74, 6) is 1.35. The Balaban J connectivity index is 1.32. The molecule has 132 valence electrons. The minimum absolute atomic E-state index is 0.217. The van der Waals surface area contributed by atoms with Crippen molar-refractivity contribution in [1.82, 2.24) is 10.6 Å². The summed E-state index contributed by atoms with van der Waals surface area (Å²) < 4.78 is 0. The second-order valence-corrected chi connectivity index (χ2v) is 7.36. The van der Waals surface area contributed by atoms with Crippen molar-refractivity contribution >= 4 is 11.6 Å². The van der Waals surface area contributed by atoms with Crippen LogP contribution in [0.15, 0.2) is 24.3 Å². The van der Waals surface area contributed by atoms with Crippen LogP contribution in [0.4, 0.5) is 5.69 Å². The van der Waals surface area contributed by atoms with E-state index in [9.17, 15) is 4.79 Å². The predicted molar refractivity (Wildman–Crippen MR) is 99.4 cm³/mol. The lowest BCUT2D eigenvalue weighted by molar-refractivity contribution is -0.122. The molecule has 0 aliphatic carbocycles. The van der Waals surface area contributed by atoms with Crippen LogP contribution in [-0.2, 0) is 11.2 Å². The van der Waals surface area contributed by atoms with Crippen LogP contribution in [0.5, 0.6) is 0 Å². The molecular weight excluding hydrogens is 298 g/mol. The fraction of sp³-hybridized carbons (Fsp3) is 0.650. The Morgan fingerprint density at radius 1 is 1.42 bits per heavy atom. The van der Waals surface area contributed by atoms with Crippen LogP contribution in [0.1, 0.15) is 38.2 Å². The topological polar surface area (TPSA) is 44.4 Å². The second-order valence-electron chi connectivity index (χ2n) is 7.36. The van der Waals surface area contributed by atoms with Gasteiger partial charge in [0.15, 0.2) is 0 Å². The lowest BCUT2D eigenvalue weighted by atomic mass is 9.85. The molecule has 0 bridgehead atoms. The Kier molecular flexibility index (Phi) is 6.13. The van der Waals surface area contributed by atoms with Crippen LogP contribution in [0.3, 0.4) is 0 Å². The zero-order valence-electron chi connectivity index (χ0n) is 14.9. The summed E-state index contributed by atoms with van der Waals surface area (Å²) in [6.45, 7) is 7.35. The molecule has 2 atom stereocenters. The van der Waals surface area contributed by atoms with Crippen molar-refractivity contribution < 1.29 is 4.79 Å². The third-order valence-corrected chi connectivity index (χ3v) is 5.56. The van der Waals surface area contributed by atoms with Gasteiger partial charge in [-0.3, -0.25) is 4.79 Å². The van der Waals surface area contributed by atoms with Crippen LogP contribution in [-0.4, -0.2) is 38.6 Å². The summed E-state index contributed by atoms with van der Waals surface area (Å²) in [4.78, 5) is 14.6. The molecule has 4 heteroatoms. The van der Waals surface area contributed by atoms with Gasteiger partial charge >= 0.3 is 0 Å². The van der Waals surface area contributed by atoms with E-state index in [1.165, 1.54) is 24.1 Å². The van der Waals surface area contributed by atoms with Crippen molar-refractivity contribution in [1.29, 1.82) is 0 Å². The molecule has 2 N–H and O–H groups in total. The van der Waals surface area contributed by atoms with Gasteiger partial charge in [0.25, 0.3) is 0 Å². The number of nitrogens with one attached hydrogen (secondary N) is 2. The molecule has 1 fully saturated rings. The van der Waals surface area contributed by atoms with E-state index in [4.69, 9.17) is 0 Å². The zero-order chi connectivity index (χ0) is 16.8. The molecule has 2 aliphatic heterocycles. The van der Waals surface area contributed by atoms with Crippen LogP contribution >= 0.6 is 0 Å². The standard InChI is InChI=1S/C20H31N3O/c1-16(18-7-4-10-21-15-18)14-20(24)22-11-5-12-23-13-9-17-6-2-3-8-19(17)23/h2-3,6,8,16,18,21H,4-5,7,9-15H2,1H3,(H,22,24). The maximum absolute atomic E-state index is 12.1. The highest BCUT2D eigenvalue weighted by Gasteiger charge is 2.22. The van der Waals surface area contributed by atoms with Crippen molar-refractivity contribution in [2.45, 2.75) is 39.0 Å². The Morgan fingerprint density at radius 2 is 2.29 bits per heavy atom. The van der Waals surface area contributed by atoms with E-state index < -0.39 is 0 Å². The first-order valence-corrected chi connectivity index (χ1v) is 9.54. The van der Waals surface area contributed by atoms with Crippen LogP contribution in [0.25, 0.3) is 0 Å². The maximum Gasteiger partial charge on any atom is 0.220 e. The number of rotatable bonds is 7. The van der Waals surface area contributed by atoms with Crippen LogP contribution in [0, 0.1) is 11.8 Å². The minimum atomic E-state index is 0.217. The average Bonchev–Trinajstić information content (AvgIpc) is 3.03. The summed E-state index contributed by atoms with van der Waals surface area (Å²) in [6, 6.07) is 8.66. The van der Waals surface area contributed by atoms with Crippen molar-refractivity contribution in [3.8, 4) is 0 Å². The first kappa shape index (κ1) is 17.3. The van der Waals surface area contributed by atoms with E-state index >= 15 is 0 Å². The Labute approximate surface area is 146 Å². The lowest BCUT2D eigenvalue weighted by Crippen LogP contribution is -2.36. The van der Waals surface area contributed by atoms with Crippen molar-refractivity contribution in [2.75, 3.05) is 37.6 Å². The Bertz CT molecular complexity index is 539. The maximum atomic E-state index is 12.1. The number of para-hydroxylation sites is 1. The summed E-state index contributed by atoms with van der Waals surface area (Å²) in [5.41, 5.74) is 2.83. The number of hydrogen-bond acceptors (Lipinski definition) is 3. The molecule has 3 rings (SSSR count). The Hall–Kier alpha value is -1.55. The van der Waals surface area contributed by atoms with Crippen LogP contribution < -0.4 is 15.5 Å². The van der Waals surface area contributed by atoms with E-state index in [2.05, 4.69) is 46.7 Å². The Morgan fingerprint density at radius 3 is 3.12 bits per heavy atom. The third kappa shape index (κ3) is 4.50. The SMILES string of the molecule is CC(CC(=O)NCCCN1CCc2ccccc21)C1CCCNC1. The minimum Gasteiger partial charge on any atom is -0.371 e. The molecule has 1 amide bonds. The highest BCUT2D eigenvalue weighted by Crippen LogP contribution is 2.27. The van der Waals surface area contributed by atoms with Gasteiger partial charge in [0, 0.05) is 31.7 Å². The van der Waals surface area contributed by atoms with Crippen molar-refractivity contribution in [2.24, 2.45) is 11.8 Å². The summed E-state index contributed by atoms with van der Waals surface area (Å²) in [6.07, 6.45) is 5.33. The van der Waals surface area contributed by atoms with Gasteiger partial charge in [0.05, 0.1) is 0 Å². The van der Waals surface area contributed by atoms with E-state index in [1.54, 1.807) is 0 Å². The number of hydrogen-bond donors (Lipinski definition) is 2. The van der Waals surface area contributed by atoms with Gasteiger partial charge in [-0.2, -0.15) is 0 Å². The molecule has 0 saturated carbocycles. The predicted octanol–water partition coefficient (Wildman–Crippen LogP) is 2.58. The van der Waals surface area contributed by atoms with E-state index in [-0.39, 0.29) is 5.91 Å². The third-order valence-electron chi connectivity index (χ3n) is 5.56. The van der Waals surface area contributed by atoms with Crippen molar-refractivity contribution in [3.05, 3.63) is 29.8 Å². The first-order chi connectivity index (χ1) is 11.7. The molecule has 1 saturated heterocycles. The van der Waals surface area contributed by atoms with Gasteiger partial charge in [-0.25, -0.2) is 0 Å². The van der Waals surface area contributed by atoms with Gasteiger partial charge in [0.2, 0.25) is 5.91 Å². The van der Waals surface area contributed by atoms with E-state index in [0.717, 1.165) is 45.6 Å². The molecule has 0 radical (unpaired) electrons. The summed E-state index contributed by atoms with van der Waals surface area (Å²) >= 11 is 0. The smallest absolute Gasteiger partial charge is 0.220 e. The monoisotopic (exact) mass is 329 g/mol. The lowest BCUT2D eigenvalue weighted by Gasteiger charge is -2.28. The van der Waals surface area contributed by atoms with E-state index in [0.29, 0.717) is 18.3 Å². The number of piperidine rings is 1. The number of benzene rings is 1. The fourth-order valence-electron chi connectivity index (χ4n) is 4.03. The normalized spacial score (nSPS) is 21.4. The van der Waals surface area contributed by atoms with Crippen molar-refractivity contribution in [3.63, 3.8) is 0 Å². The summed E-state index contributed by atoms with van der Waals surface area (Å²) in [5, 5.41) is 6.56. The zero-order valence-corrected chi connectivity index (χ0v) is 14.9. The number of anilines is 1. The van der Waals surface area contributed by atoms with Crippen LogP contribution in [0.2, 0.25) is 0 Å². The number of fused-ring (bicyclic) bond motifs is 1. The molecule has 2 unspecified atom stereocenters. The van der Waals surface area contributed by atoms with Gasteiger partial charge in [-0.05, 0) is 62.2 Å². The molecule has 24 heavy (non-hydrogen) atoms. The van der Waals surface area contributed by atoms with Gasteiger partial charge in [-0.15, -0.1) is 0 Å². The molecule has 1 aromatic carbocycles. The quantitative estimate of drug-likeness (QED) is 0.756. The summed E-state index contributed by atoms with van der Waals surface area (Å²) in [7, 11) is 0. The number of carbonyl (C=O) groups is 1.